The molecule has 2 N–H and O–H groups in total. The highest BCUT2D eigenvalue weighted by molar-refractivity contribution is 5.49. The van der Waals surface area contributed by atoms with Crippen LogP contribution in [0.4, 0.5) is 5.69 Å². The van der Waals surface area contributed by atoms with Crippen LogP contribution in [0.3, 0.4) is 0 Å². The van der Waals surface area contributed by atoms with Crippen LogP contribution in [-0.2, 0) is 4.74 Å². The quantitative estimate of drug-likeness (QED) is 0.737. The van der Waals surface area contributed by atoms with Crippen LogP contribution in [0, 0.1) is 0 Å². The van der Waals surface area contributed by atoms with Crippen molar-refractivity contribution in [1.29, 1.82) is 0 Å². The molecule has 1 aromatic heterocycles. The summed E-state index contributed by atoms with van der Waals surface area (Å²) >= 11 is 0. The average Bonchev–Trinajstić information content (AvgIpc) is 2.28. The van der Waals surface area contributed by atoms with Crippen molar-refractivity contribution in [1.82, 2.24) is 4.98 Å². The van der Waals surface area contributed by atoms with Crippen LogP contribution < -0.4 is 15.2 Å². The molecule has 0 aromatic carbocycles. The number of pyridine rings is 1. The van der Waals surface area contributed by atoms with Crippen molar-refractivity contribution in [2.45, 2.75) is 26.9 Å². The summed E-state index contributed by atoms with van der Waals surface area (Å²) in [5, 5.41) is 0. The smallest absolute Gasteiger partial charge is 0.240 e. The van der Waals surface area contributed by atoms with Gasteiger partial charge in [-0.15, -0.1) is 0 Å². The van der Waals surface area contributed by atoms with E-state index in [0.717, 1.165) is 0 Å². The molecule has 96 valence electrons. The number of nitrogens with two attached hydrogens (primary N) is 1. The summed E-state index contributed by atoms with van der Waals surface area (Å²) in [6, 6.07) is 3.44. The number of hydrogen-bond acceptors (Lipinski definition) is 5. The molecule has 1 rings (SSSR count). The maximum Gasteiger partial charge on any atom is 0.240 e. The lowest BCUT2D eigenvalue weighted by molar-refractivity contribution is 0.108. The number of rotatable bonds is 7. The Hall–Kier alpha value is -1.49. The Kier molecular flexibility index (Phi) is 5.56. The molecule has 5 heteroatoms. The second-order valence-electron chi connectivity index (χ2n) is 3.76. The highest BCUT2D eigenvalue weighted by atomic mass is 16.5. The third-order valence-corrected chi connectivity index (χ3v) is 1.89. The maximum atomic E-state index is 5.75. The SMILES string of the molecule is CCOCCOc1ccc(N)c(OC(C)C)n1. The summed E-state index contributed by atoms with van der Waals surface area (Å²) in [7, 11) is 0. The van der Waals surface area contributed by atoms with Gasteiger partial charge in [-0.25, -0.2) is 0 Å². The topological polar surface area (TPSA) is 66.6 Å². The molecule has 1 heterocycles. The summed E-state index contributed by atoms with van der Waals surface area (Å²) in [5.41, 5.74) is 6.26. The molecule has 0 saturated carbocycles. The van der Waals surface area contributed by atoms with Gasteiger partial charge < -0.3 is 19.9 Å². The lowest BCUT2D eigenvalue weighted by Gasteiger charge is -2.12. The third kappa shape index (κ3) is 4.91. The number of nitrogen functional groups attached to an aromatic ring is 1. The highest BCUT2D eigenvalue weighted by Crippen LogP contribution is 2.22. The van der Waals surface area contributed by atoms with Gasteiger partial charge in [0, 0.05) is 12.7 Å². The van der Waals surface area contributed by atoms with Gasteiger partial charge in [-0.2, -0.15) is 4.98 Å². The molecule has 0 spiro atoms. The van der Waals surface area contributed by atoms with Crippen LogP contribution in [0.25, 0.3) is 0 Å². The molecule has 0 aliphatic heterocycles. The van der Waals surface area contributed by atoms with E-state index in [-0.39, 0.29) is 6.10 Å². The lowest BCUT2D eigenvalue weighted by Crippen LogP contribution is -2.11. The highest BCUT2D eigenvalue weighted by Gasteiger charge is 2.06. The van der Waals surface area contributed by atoms with E-state index >= 15 is 0 Å². The summed E-state index contributed by atoms with van der Waals surface area (Å²) in [6.07, 6.45) is 0.0310. The molecule has 0 fully saturated rings. The Labute approximate surface area is 102 Å². The first-order chi connectivity index (χ1) is 8.13. The van der Waals surface area contributed by atoms with Crippen LogP contribution in [0.2, 0.25) is 0 Å². The molecule has 0 amide bonds. The van der Waals surface area contributed by atoms with E-state index < -0.39 is 0 Å². The molecule has 17 heavy (non-hydrogen) atoms. The average molecular weight is 240 g/mol. The fourth-order valence-corrected chi connectivity index (χ4v) is 1.18. The predicted octanol–water partition coefficient (Wildman–Crippen LogP) is 1.87. The fraction of sp³-hybridized carbons (Fsp3) is 0.583. The molecule has 0 aliphatic carbocycles. The Balaban J connectivity index is 2.55. The number of aromatic nitrogens is 1. The van der Waals surface area contributed by atoms with Gasteiger partial charge in [-0.05, 0) is 26.8 Å². The van der Waals surface area contributed by atoms with E-state index in [1.54, 1.807) is 12.1 Å². The van der Waals surface area contributed by atoms with Gasteiger partial charge in [0.25, 0.3) is 0 Å². The number of hydrogen-bond donors (Lipinski definition) is 1. The van der Waals surface area contributed by atoms with Crippen molar-refractivity contribution >= 4 is 5.69 Å². The summed E-state index contributed by atoms with van der Waals surface area (Å²) in [6.45, 7) is 7.47. The minimum absolute atomic E-state index is 0.0310. The van der Waals surface area contributed by atoms with Gasteiger partial charge in [0.2, 0.25) is 11.8 Å². The number of anilines is 1. The summed E-state index contributed by atoms with van der Waals surface area (Å²) < 4.78 is 16.0. The first kappa shape index (κ1) is 13.6. The fourth-order valence-electron chi connectivity index (χ4n) is 1.18. The third-order valence-electron chi connectivity index (χ3n) is 1.89. The Bertz CT molecular complexity index is 343. The van der Waals surface area contributed by atoms with Gasteiger partial charge in [-0.3, -0.25) is 0 Å². The van der Waals surface area contributed by atoms with Crippen molar-refractivity contribution in [2.24, 2.45) is 0 Å². The summed E-state index contributed by atoms with van der Waals surface area (Å²) in [5.74, 6) is 0.906. The number of ether oxygens (including phenoxy) is 3. The van der Waals surface area contributed by atoms with Gasteiger partial charge in [-0.1, -0.05) is 0 Å². The van der Waals surface area contributed by atoms with Gasteiger partial charge >= 0.3 is 0 Å². The van der Waals surface area contributed by atoms with Gasteiger partial charge in [0.15, 0.2) is 0 Å². The van der Waals surface area contributed by atoms with Crippen molar-refractivity contribution in [3.05, 3.63) is 12.1 Å². The van der Waals surface area contributed by atoms with Crippen molar-refractivity contribution in [3.8, 4) is 11.8 Å². The van der Waals surface area contributed by atoms with Crippen LogP contribution >= 0.6 is 0 Å². The molecule has 5 nitrogen and oxygen atoms in total. The summed E-state index contributed by atoms with van der Waals surface area (Å²) in [4.78, 5) is 4.19. The van der Waals surface area contributed by atoms with Crippen molar-refractivity contribution < 1.29 is 14.2 Å². The Morgan fingerprint density at radius 1 is 1.29 bits per heavy atom. The Morgan fingerprint density at radius 3 is 2.71 bits per heavy atom. The van der Waals surface area contributed by atoms with E-state index in [4.69, 9.17) is 19.9 Å². The first-order valence-electron chi connectivity index (χ1n) is 5.77. The van der Waals surface area contributed by atoms with Crippen LogP contribution in [0.5, 0.6) is 11.8 Å². The zero-order valence-corrected chi connectivity index (χ0v) is 10.6. The number of nitrogens with zero attached hydrogens (tertiary/aromatic N) is 1. The van der Waals surface area contributed by atoms with E-state index in [9.17, 15) is 0 Å². The predicted molar refractivity (Wildman–Crippen MR) is 66.4 cm³/mol. The van der Waals surface area contributed by atoms with Crippen LogP contribution in [0.15, 0.2) is 12.1 Å². The second-order valence-corrected chi connectivity index (χ2v) is 3.76. The molecular weight excluding hydrogens is 220 g/mol. The Morgan fingerprint density at radius 2 is 2.06 bits per heavy atom. The molecule has 0 aliphatic rings. The minimum atomic E-state index is 0.0310. The zero-order chi connectivity index (χ0) is 12.7. The lowest BCUT2D eigenvalue weighted by atomic mass is 10.4. The molecular formula is C12H20N2O3. The maximum absolute atomic E-state index is 5.75. The van der Waals surface area contributed by atoms with Gasteiger partial charge in [0.05, 0.1) is 18.4 Å². The van der Waals surface area contributed by atoms with Crippen LogP contribution in [0.1, 0.15) is 20.8 Å². The molecule has 0 atom stereocenters. The van der Waals surface area contributed by atoms with Crippen molar-refractivity contribution in [3.63, 3.8) is 0 Å². The second kappa shape index (κ2) is 6.96. The first-order valence-corrected chi connectivity index (χ1v) is 5.77. The molecule has 0 radical (unpaired) electrons. The van der Waals surface area contributed by atoms with Crippen LogP contribution in [-0.4, -0.2) is 30.9 Å². The normalized spacial score (nSPS) is 10.6. The molecule has 0 bridgehead atoms. The standard InChI is InChI=1S/C12H20N2O3/c1-4-15-7-8-16-11-6-5-10(13)12(14-11)17-9(2)3/h5-6,9H,4,7-8,13H2,1-3H3. The molecule has 0 unspecified atom stereocenters. The molecule has 0 saturated heterocycles. The minimum Gasteiger partial charge on any atom is -0.475 e. The van der Waals surface area contributed by atoms with E-state index in [0.29, 0.717) is 37.3 Å². The monoisotopic (exact) mass is 240 g/mol. The van der Waals surface area contributed by atoms with E-state index in [1.807, 2.05) is 20.8 Å². The van der Waals surface area contributed by atoms with Crippen molar-refractivity contribution in [2.75, 3.05) is 25.6 Å². The molecule has 1 aromatic rings. The zero-order valence-electron chi connectivity index (χ0n) is 10.6. The largest absolute Gasteiger partial charge is 0.475 e. The van der Waals surface area contributed by atoms with Gasteiger partial charge in [0.1, 0.15) is 6.61 Å². The van der Waals surface area contributed by atoms with E-state index in [2.05, 4.69) is 4.98 Å². The van der Waals surface area contributed by atoms with E-state index in [1.165, 1.54) is 0 Å².